The molecule has 1 unspecified atom stereocenters. The average Bonchev–Trinajstić information content (AvgIpc) is 2.62. The number of thioether (sulfide) groups is 1. The van der Waals surface area contributed by atoms with Crippen LogP contribution in [0.5, 0.6) is 0 Å². The SMILES string of the molecule is Cc1ccc(SC2CCNC2)cc1.Cl. The van der Waals surface area contributed by atoms with Gasteiger partial charge >= 0.3 is 0 Å². The van der Waals surface area contributed by atoms with Crippen molar-refractivity contribution in [1.29, 1.82) is 0 Å². The summed E-state index contributed by atoms with van der Waals surface area (Å²) in [5.41, 5.74) is 1.34. The molecule has 78 valence electrons. The zero-order chi connectivity index (χ0) is 9.10. The van der Waals surface area contributed by atoms with Gasteiger partial charge in [-0.15, -0.1) is 24.2 Å². The number of aryl methyl sites for hydroxylation is 1. The van der Waals surface area contributed by atoms with E-state index in [1.807, 2.05) is 11.8 Å². The predicted octanol–water partition coefficient (Wildman–Crippen LogP) is 2.87. The highest BCUT2D eigenvalue weighted by atomic mass is 35.5. The second-order valence-electron chi connectivity index (χ2n) is 3.55. The van der Waals surface area contributed by atoms with Gasteiger partial charge < -0.3 is 5.32 Å². The lowest BCUT2D eigenvalue weighted by molar-refractivity contribution is 0.858. The van der Waals surface area contributed by atoms with Crippen molar-refractivity contribution in [2.24, 2.45) is 0 Å². The number of halogens is 1. The lowest BCUT2D eigenvalue weighted by Gasteiger charge is -2.07. The Kier molecular flexibility index (Phi) is 4.79. The summed E-state index contributed by atoms with van der Waals surface area (Å²) in [6.45, 7) is 4.48. The molecule has 3 heteroatoms. The van der Waals surface area contributed by atoms with Crippen LogP contribution in [0.2, 0.25) is 0 Å². The van der Waals surface area contributed by atoms with E-state index in [2.05, 4.69) is 36.5 Å². The predicted molar refractivity (Wildman–Crippen MR) is 65.6 cm³/mol. The molecule has 0 amide bonds. The van der Waals surface area contributed by atoms with Gasteiger partial charge in [-0.25, -0.2) is 0 Å². The molecule has 2 rings (SSSR count). The van der Waals surface area contributed by atoms with Crippen LogP contribution < -0.4 is 5.32 Å². The van der Waals surface area contributed by atoms with Crippen LogP contribution in [0.25, 0.3) is 0 Å². The van der Waals surface area contributed by atoms with Gasteiger partial charge in [0.1, 0.15) is 0 Å². The maximum atomic E-state index is 3.38. The molecule has 0 spiro atoms. The second kappa shape index (κ2) is 5.64. The van der Waals surface area contributed by atoms with Gasteiger partial charge in [-0.05, 0) is 32.0 Å². The zero-order valence-corrected chi connectivity index (χ0v) is 9.96. The number of hydrogen-bond acceptors (Lipinski definition) is 2. The Hall–Kier alpha value is -0.180. The molecule has 1 N–H and O–H groups in total. The van der Waals surface area contributed by atoms with E-state index < -0.39 is 0 Å². The van der Waals surface area contributed by atoms with Crippen molar-refractivity contribution in [3.8, 4) is 0 Å². The van der Waals surface area contributed by atoms with E-state index in [0.29, 0.717) is 0 Å². The fraction of sp³-hybridized carbons (Fsp3) is 0.455. The molecule has 0 bridgehead atoms. The molecule has 1 aromatic rings. The molecule has 1 aliphatic heterocycles. The van der Waals surface area contributed by atoms with Crippen LogP contribution in [0.1, 0.15) is 12.0 Å². The van der Waals surface area contributed by atoms with Gasteiger partial charge in [-0.2, -0.15) is 0 Å². The Morgan fingerprint density at radius 3 is 2.57 bits per heavy atom. The van der Waals surface area contributed by atoms with Crippen LogP contribution >= 0.6 is 24.2 Å². The van der Waals surface area contributed by atoms with Crippen molar-refractivity contribution in [2.45, 2.75) is 23.5 Å². The van der Waals surface area contributed by atoms with E-state index in [-0.39, 0.29) is 12.4 Å². The van der Waals surface area contributed by atoms with Gasteiger partial charge in [0, 0.05) is 16.7 Å². The Morgan fingerprint density at radius 1 is 1.29 bits per heavy atom. The van der Waals surface area contributed by atoms with Crippen molar-refractivity contribution in [1.82, 2.24) is 5.32 Å². The van der Waals surface area contributed by atoms with Crippen molar-refractivity contribution in [2.75, 3.05) is 13.1 Å². The average molecular weight is 230 g/mol. The summed E-state index contributed by atoms with van der Waals surface area (Å²) in [4.78, 5) is 1.40. The van der Waals surface area contributed by atoms with Crippen molar-refractivity contribution < 1.29 is 0 Å². The van der Waals surface area contributed by atoms with Crippen molar-refractivity contribution in [3.63, 3.8) is 0 Å². The van der Waals surface area contributed by atoms with Crippen LogP contribution in [0.15, 0.2) is 29.2 Å². The highest BCUT2D eigenvalue weighted by molar-refractivity contribution is 8.00. The molecule has 0 aromatic heterocycles. The van der Waals surface area contributed by atoms with Gasteiger partial charge in [0.05, 0.1) is 0 Å². The molecule has 1 aromatic carbocycles. The zero-order valence-electron chi connectivity index (χ0n) is 8.32. The highest BCUT2D eigenvalue weighted by Gasteiger charge is 2.14. The number of rotatable bonds is 2. The summed E-state index contributed by atoms with van der Waals surface area (Å²) >= 11 is 2.00. The van der Waals surface area contributed by atoms with Crippen molar-refractivity contribution >= 4 is 24.2 Å². The molecule has 1 heterocycles. The monoisotopic (exact) mass is 229 g/mol. The Morgan fingerprint density at radius 2 is 2.00 bits per heavy atom. The van der Waals surface area contributed by atoms with Crippen LogP contribution in [0.4, 0.5) is 0 Å². The number of hydrogen-bond donors (Lipinski definition) is 1. The summed E-state index contributed by atoms with van der Waals surface area (Å²) in [5, 5.41) is 4.16. The molecular formula is C11H16ClNS. The quantitative estimate of drug-likeness (QED) is 0.837. The molecule has 1 saturated heterocycles. The molecule has 1 aliphatic rings. The summed E-state index contributed by atoms with van der Waals surface area (Å²) in [6.07, 6.45) is 1.30. The Bertz CT molecular complexity index is 267. The topological polar surface area (TPSA) is 12.0 Å². The second-order valence-corrected chi connectivity index (χ2v) is 4.92. The third-order valence-electron chi connectivity index (χ3n) is 2.34. The molecule has 0 saturated carbocycles. The van der Waals surface area contributed by atoms with E-state index in [9.17, 15) is 0 Å². The standard InChI is InChI=1S/C11H15NS.ClH/c1-9-2-4-10(5-3-9)13-11-6-7-12-8-11;/h2-5,11-12H,6-8H2,1H3;1H. The fourth-order valence-corrected chi connectivity index (χ4v) is 2.65. The van der Waals surface area contributed by atoms with Crippen LogP contribution in [-0.2, 0) is 0 Å². The highest BCUT2D eigenvalue weighted by Crippen LogP contribution is 2.26. The van der Waals surface area contributed by atoms with E-state index in [4.69, 9.17) is 0 Å². The van der Waals surface area contributed by atoms with Gasteiger partial charge in [0.2, 0.25) is 0 Å². The first-order valence-electron chi connectivity index (χ1n) is 4.78. The van der Waals surface area contributed by atoms with Gasteiger partial charge in [-0.3, -0.25) is 0 Å². The van der Waals surface area contributed by atoms with Gasteiger partial charge in [0.25, 0.3) is 0 Å². The first-order valence-corrected chi connectivity index (χ1v) is 5.66. The summed E-state index contributed by atoms with van der Waals surface area (Å²) < 4.78 is 0. The number of nitrogens with one attached hydrogen (secondary N) is 1. The summed E-state index contributed by atoms with van der Waals surface area (Å²) in [7, 11) is 0. The third-order valence-corrected chi connectivity index (χ3v) is 3.62. The molecule has 0 aliphatic carbocycles. The smallest absolute Gasteiger partial charge is 0.0231 e. The lowest BCUT2D eigenvalue weighted by atomic mass is 10.2. The lowest BCUT2D eigenvalue weighted by Crippen LogP contribution is -2.09. The molecule has 1 atom stereocenters. The largest absolute Gasteiger partial charge is 0.316 e. The summed E-state index contributed by atoms with van der Waals surface area (Å²) in [6, 6.07) is 8.81. The molecule has 1 nitrogen and oxygen atoms in total. The van der Waals surface area contributed by atoms with E-state index in [0.717, 1.165) is 5.25 Å². The van der Waals surface area contributed by atoms with Crippen LogP contribution in [0, 0.1) is 6.92 Å². The van der Waals surface area contributed by atoms with Gasteiger partial charge in [0.15, 0.2) is 0 Å². The molecule has 14 heavy (non-hydrogen) atoms. The van der Waals surface area contributed by atoms with E-state index in [1.54, 1.807) is 0 Å². The minimum Gasteiger partial charge on any atom is -0.316 e. The third kappa shape index (κ3) is 3.19. The maximum Gasteiger partial charge on any atom is 0.0231 e. The Balaban J connectivity index is 0.000000980. The van der Waals surface area contributed by atoms with Gasteiger partial charge in [-0.1, -0.05) is 17.7 Å². The molecule has 1 fully saturated rings. The first-order chi connectivity index (χ1) is 6.34. The summed E-state index contributed by atoms with van der Waals surface area (Å²) in [5.74, 6) is 0. The number of benzene rings is 1. The molecular weight excluding hydrogens is 214 g/mol. The van der Waals surface area contributed by atoms with Crippen LogP contribution in [-0.4, -0.2) is 18.3 Å². The fourth-order valence-electron chi connectivity index (χ4n) is 1.54. The Labute approximate surface area is 96.1 Å². The maximum absolute atomic E-state index is 3.38. The van der Waals surface area contributed by atoms with Crippen LogP contribution in [0.3, 0.4) is 0 Å². The normalized spacial score (nSPS) is 20.5. The van der Waals surface area contributed by atoms with Crippen molar-refractivity contribution in [3.05, 3.63) is 29.8 Å². The van der Waals surface area contributed by atoms with E-state index >= 15 is 0 Å². The first kappa shape index (κ1) is 11.9. The van der Waals surface area contributed by atoms with E-state index in [1.165, 1.54) is 30.0 Å². The molecule has 0 radical (unpaired) electrons. The minimum atomic E-state index is 0. The minimum absolute atomic E-state index is 0.